The van der Waals surface area contributed by atoms with Crippen LogP contribution in [0.4, 0.5) is 11.4 Å². The van der Waals surface area contributed by atoms with Crippen molar-refractivity contribution in [2.45, 2.75) is 38.5 Å². The Morgan fingerprint density at radius 3 is 2.68 bits per heavy atom. The molecule has 0 bridgehead atoms. The van der Waals surface area contributed by atoms with Crippen molar-refractivity contribution in [3.05, 3.63) is 42.0 Å². The molecule has 0 radical (unpaired) electrons. The fraction of sp³-hybridized carbons (Fsp3) is 0.448. The van der Waals surface area contributed by atoms with Gasteiger partial charge in [0.15, 0.2) is 0 Å². The van der Waals surface area contributed by atoms with Gasteiger partial charge in [-0.1, -0.05) is 12.5 Å². The van der Waals surface area contributed by atoms with Crippen LogP contribution < -0.4 is 15.0 Å². The maximum absolute atomic E-state index is 13.3. The van der Waals surface area contributed by atoms with E-state index in [1.807, 2.05) is 34.5 Å². The van der Waals surface area contributed by atoms with Crippen LogP contribution in [-0.2, 0) is 9.59 Å². The van der Waals surface area contributed by atoms with Crippen molar-refractivity contribution in [1.29, 1.82) is 0 Å². The molecule has 2 amide bonds. The summed E-state index contributed by atoms with van der Waals surface area (Å²) in [6.45, 7) is 2.97. The molecule has 1 N–H and O–H groups in total. The van der Waals surface area contributed by atoms with Crippen LogP contribution in [0.3, 0.4) is 0 Å². The number of carbonyl (C=O) groups excluding carboxylic acids is 2. The lowest BCUT2D eigenvalue weighted by Gasteiger charge is -2.35. The Labute approximate surface area is 227 Å². The van der Waals surface area contributed by atoms with Gasteiger partial charge < -0.3 is 19.9 Å². The number of anilines is 2. The van der Waals surface area contributed by atoms with E-state index in [2.05, 4.69) is 22.2 Å². The third-order valence-electron chi connectivity index (χ3n) is 7.92. The predicted molar refractivity (Wildman–Crippen MR) is 149 cm³/mol. The molecule has 2 fully saturated rings. The number of benzene rings is 1. The Morgan fingerprint density at radius 1 is 1.08 bits per heavy atom. The molecular formula is C29H33N5O3S. The predicted octanol–water partition coefficient (Wildman–Crippen LogP) is 5.07. The van der Waals surface area contributed by atoms with Crippen LogP contribution in [0.15, 0.2) is 42.0 Å². The summed E-state index contributed by atoms with van der Waals surface area (Å²) in [5, 5.41) is 4.97. The molecule has 38 heavy (non-hydrogen) atoms. The van der Waals surface area contributed by atoms with Gasteiger partial charge in [-0.25, -0.2) is 4.98 Å². The minimum absolute atomic E-state index is 0.0676. The fourth-order valence-electron chi connectivity index (χ4n) is 5.42. The average molecular weight is 532 g/mol. The van der Waals surface area contributed by atoms with Crippen LogP contribution in [0.1, 0.15) is 38.5 Å². The zero-order valence-electron chi connectivity index (χ0n) is 21.7. The average Bonchev–Trinajstić information content (AvgIpc) is 3.38. The molecular weight excluding hydrogens is 498 g/mol. The zero-order valence-corrected chi connectivity index (χ0v) is 22.5. The second-order valence-corrected chi connectivity index (χ2v) is 11.5. The van der Waals surface area contributed by atoms with Gasteiger partial charge in [0.05, 0.1) is 46.6 Å². The number of hydrogen-bond donors (Lipinski definition) is 1. The highest BCUT2D eigenvalue weighted by Crippen LogP contribution is 2.37. The van der Waals surface area contributed by atoms with Gasteiger partial charge in [0.25, 0.3) is 0 Å². The Balaban J connectivity index is 1.17. The maximum atomic E-state index is 13.3. The minimum atomic E-state index is 0.0676. The van der Waals surface area contributed by atoms with E-state index >= 15 is 0 Å². The van der Waals surface area contributed by atoms with Crippen LogP contribution in [0, 0.1) is 11.8 Å². The first-order valence-corrected chi connectivity index (χ1v) is 14.4. The molecule has 1 aromatic carbocycles. The molecule has 0 unspecified atom stereocenters. The quantitative estimate of drug-likeness (QED) is 0.478. The molecule has 3 aromatic rings. The minimum Gasteiger partial charge on any atom is -0.490 e. The lowest BCUT2D eigenvalue weighted by Crippen LogP contribution is -2.44. The summed E-state index contributed by atoms with van der Waals surface area (Å²) >= 11 is 1.54. The molecule has 1 aliphatic carbocycles. The van der Waals surface area contributed by atoms with Crippen molar-refractivity contribution in [2.75, 3.05) is 43.5 Å². The van der Waals surface area contributed by atoms with E-state index in [4.69, 9.17) is 9.72 Å². The molecule has 6 rings (SSSR count). The number of aromatic nitrogens is 2. The number of nitrogens with one attached hydrogen (secondary N) is 1. The maximum Gasteiger partial charge on any atom is 0.230 e. The highest BCUT2D eigenvalue weighted by Gasteiger charge is 2.31. The number of rotatable bonds is 6. The second-order valence-electron chi connectivity index (χ2n) is 10.6. The summed E-state index contributed by atoms with van der Waals surface area (Å²) < 4.78 is 5.98. The van der Waals surface area contributed by atoms with Crippen molar-refractivity contribution in [3.8, 4) is 27.6 Å². The van der Waals surface area contributed by atoms with E-state index in [9.17, 15) is 9.59 Å². The third kappa shape index (κ3) is 5.31. The summed E-state index contributed by atoms with van der Waals surface area (Å²) in [6, 6.07) is 7.86. The number of nitrogens with zero attached hydrogens (tertiary/aromatic N) is 4. The van der Waals surface area contributed by atoms with E-state index < -0.39 is 0 Å². The van der Waals surface area contributed by atoms with Gasteiger partial charge in [0.1, 0.15) is 12.4 Å². The lowest BCUT2D eigenvalue weighted by molar-refractivity contribution is -0.124. The zero-order chi connectivity index (χ0) is 26.1. The van der Waals surface area contributed by atoms with Crippen molar-refractivity contribution in [1.82, 2.24) is 14.9 Å². The number of likely N-dealkylation sites (tertiary alicyclic amines) is 1. The first-order valence-electron chi connectivity index (χ1n) is 13.5. The largest absolute Gasteiger partial charge is 0.490 e. The van der Waals surface area contributed by atoms with Crippen molar-refractivity contribution in [3.63, 3.8) is 0 Å². The van der Waals surface area contributed by atoms with E-state index in [1.165, 1.54) is 17.8 Å². The summed E-state index contributed by atoms with van der Waals surface area (Å²) in [5.41, 5.74) is 4.00. The second kappa shape index (κ2) is 10.8. The van der Waals surface area contributed by atoms with Gasteiger partial charge in [-0.05, 0) is 69.9 Å². The monoisotopic (exact) mass is 531 g/mol. The number of piperidine rings is 1. The molecule has 1 saturated heterocycles. The topological polar surface area (TPSA) is 87.7 Å². The lowest BCUT2D eigenvalue weighted by atomic mass is 9.83. The van der Waals surface area contributed by atoms with Gasteiger partial charge in [-0.3, -0.25) is 14.6 Å². The van der Waals surface area contributed by atoms with Crippen molar-refractivity contribution in [2.24, 2.45) is 11.8 Å². The Kier molecular flexibility index (Phi) is 7.12. The fourth-order valence-corrected chi connectivity index (χ4v) is 6.21. The van der Waals surface area contributed by atoms with Gasteiger partial charge in [-0.15, -0.1) is 11.3 Å². The number of thiophene rings is 1. The van der Waals surface area contributed by atoms with Crippen molar-refractivity contribution < 1.29 is 14.3 Å². The molecule has 9 heteroatoms. The van der Waals surface area contributed by atoms with Crippen LogP contribution >= 0.6 is 11.3 Å². The summed E-state index contributed by atoms with van der Waals surface area (Å²) in [5.74, 6) is 1.59. The standard InChI is InChI=1S/C29H33N5O3S/c1-33-9-7-20(8-10-33)29(36)34-11-12-37-26-14-21(5-6-25(26)34)23-16-30-17-24(32-23)27-15-22(18-38-27)31-28(35)13-19-3-2-4-19/h5-6,14-20H,2-4,7-13H2,1H3,(H,31,35). The van der Waals surface area contributed by atoms with E-state index in [0.717, 1.165) is 72.0 Å². The number of hydrogen-bond acceptors (Lipinski definition) is 7. The summed E-state index contributed by atoms with van der Waals surface area (Å²) in [7, 11) is 2.11. The molecule has 0 atom stereocenters. The first kappa shape index (κ1) is 25.0. The molecule has 198 valence electrons. The van der Waals surface area contributed by atoms with Crippen LogP contribution in [0.2, 0.25) is 0 Å². The molecule has 2 aliphatic heterocycles. The van der Waals surface area contributed by atoms with Crippen molar-refractivity contribution >= 4 is 34.5 Å². The van der Waals surface area contributed by atoms with E-state index in [-0.39, 0.29) is 17.7 Å². The Hall–Kier alpha value is -3.30. The molecule has 8 nitrogen and oxygen atoms in total. The van der Waals surface area contributed by atoms with Gasteiger partial charge in [0.2, 0.25) is 11.8 Å². The Bertz CT molecular complexity index is 1330. The smallest absolute Gasteiger partial charge is 0.230 e. The Morgan fingerprint density at radius 2 is 1.89 bits per heavy atom. The highest BCUT2D eigenvalue weighted by molar-refractivity contribution is 7.14. The molecule has 1 saturated carbocycles. The summed E-state index contributed by atoms with van der Waals surface area (Å²) in [6.07, 6.45) is 9.43. The number of carbonyl (C=O) groups is 2. The normalized spacial score (nSPS) is 18.4. The van der Waals surface area contributed by atoms with Crippen LogP contribution in [-0.4, -0.2) is 60.0 Å². The van der Waals surface area contributed by atoms with E-state index in [0.29, 0.717) is 31.2 Å². The van der Waals surface area contributed by atoms with Gasteiger partial charge >= 0.3 is 0 Å². The number of fused-ring (bicyclic) bond motifs is 1. The van der Waals surface area contributed by atoms with E-state index in [1.54, 1.807) is 12.4 Å². The molecule has 2 aromatic heterocycles. The first-order chi connectivity index (χ1) is 18.5. The highest BCUT2D eigenvalue weighted by atomic mass is 32.1. The van der Waals surface area contributed by atoms with Gasteiger partial charge in [-0.2, -0.15) is 0 Å². The SMILES string of the molecule is CN1CCC(C(=O)N2CCOc3cc(-c4cncc(-c5cc(NC(=O)CC6CCC6)cs5)n4)ccc32)CC1. The van der Waals surface area contributed by atoms with Crippen LogP contribution in [0.5, 0.6) is 5.75 Å². The molecule has 0 spiro atoms. The summed E-state index contributed by atoms with van der Waals surface area (Å²) in [4.78, 5) is 40.0. The van der Waals surface area contributed by atoms with Gasteiger partial charge in [0, 0.05) is 23.3 Å². The van der Waals surface area contributed by atoms with Crippen LogP contribution in [0.25, 0.3) is 21.8 Å². The third-order valence-corrected chi connectivity index (χ3v) is 8.87. The molecule has 4 heterocycles. The molecule has 3 aliphatic rings. The number of ether oxygens (including phenoxy) is 1. The number of amides is 2.